The van der Waals surface area contributed by atoms with Crippen molar-refractivity contribution in [1.29, 1.82) is 0 Å². The normalized spacial score (nSPS) is 10.7. The number of nitrogens with one attached hydrogen (secondary N) is 1. The molecular weight excluding hydrogens is 368 g/mol. The van der Waals surface area contributed by atoms with E-state index in [2.05, 4.69) is 5.32 Å². The van der Waals surface area contributed by atoms with Gasteiger partial charge in [0.1, 0.15) is 17.3 Å². The van der Waals surface area contributed by atoms with E-state index in [1.165, 1.54) is 5.56 Å². The minimum atomic E-state index is -0.173. The molecule has 0 saturated heterocycles. The first-order chi connectivity index (χ1) is 14.0. The number of nitrogens with zero attached hydrogens (tertiary/aromatic N) is 1. The fourth-order valence-electron chi connectivity index (χ4n) is 3.17. The Balaban J connectivity index is 1.57. The molecule has 2 amide bonds. The van der Waals surface area contributed by atoms with Gasteiger partial charge in [-0.05, 0) is 44.0 Å². The summed E-state index contributed by atoms with van der Waals surface area (Å²) in [6.07, 6.45) is 2.56. The Bertz CT molecular complexity index is 929. The molecular formula is C23H26N2O4. The van der Waals surface area contributed by atoms with Gasteiger partial charge in [0.05, 0.1) is 18.4 Å². The second kappa shape index (κ2) is 9.78. The third-order valence-electron chi connectivity index (χ3n) is 4.67. The predicted molar refractivity (Wildman–Crippen MR) is 109 cm³/mol. The molecule has 0 bridgehead atoms. The first kappa shape index (κ1) is 20.5. The fourth-order valence-corrected chi connectivity index (χ4v) is 3.17. The van der Waals surface area contributed by atoms with Crippen LogP contribution in [0.15, 0.2) is 63.6 Å². The van der Waals surface area contributed by atoms with Crippen molar-refractivity contribution in [3.63, 3.8) is 0 Å². The molecule has 152 valence electrons. The van der Waals surface area contributed by atoms with E-state index in [1.54, 1.807) is 37.1 Å². The number of benzene rings is 1. The maximum atomic E-state index is 13.0. The van der Waals surface area contributed by atoms with Gasteiger partial charge in [-0.15, -0.1) is 0 Å². The molecule has 0 aliphatic heterocycles. The Kier molecular flexibility index (Phi) is 6.89. The van der Waals surface area contributed by atoms with Crippen LogP contribution in [0.3, 0.4) is 0 Å². The van der Waals surface area contributed by atoms with E-state index >= 15 is 0 Å². The van der Waals surface area contributed by atoms with Gasteiger partial charge in [-0.25, -0.2) is 0 Å². The molecule has 0 aliphatic rings. The predicted octanol–water partition coefficient (Wildman–Crippen LogP) is 3.88. The number of hydrogen-bond donors (Lipinski definition) is 1. The zero-order valence-corrected chi connectivity index (χ0v) is 16.8. The Labute approximate surface area is 170 Å². The third kappa shape index (κ3) is 5.85. The first-order valence-electron chi connectivity index (χ1n) is 9.72. The summed E-state index contributed by atoms with van der Waals surface area (Å²) in [5, 5.41) is 2.92. The number of aryl methyl sites for hydroxylation is 2. The van der Waals surface area contributed by atoms with Crippen LogP contribution in [-0.2, 0) is 17.8 Å². The largest absolute Gasteiger partial charge is 0.467 e. The minimum absolute atomic E-state index is 0.0849. The molecule has 3 rings (SSSR count). The zero-order chi connectivity index (χ0) is 20.6. The third-order valence-corrected chi connectivity index (χ3v) is 4.67. The fraction of sp³-hybridized carbons (Fsp3) is 0.304. The monoisotopic (exact) mass is 394 g/mol. The topological polar surface area (TPSA) is 75.7 Å². The van der Waals surface area contributed by atoms with Crippen molar-refractivity contribution < 1.29 is 18.4 Å². The van der Waals surface area contributed by atoms with Crippen LogP contribution < -0.4 is 5.32 Å². The lowest BCUT2D eigenvalue weighted by molar-refractivity contribution is -0.121. The second-order valence-corrected chi connectivity index (χ2v) is 6.97. The number of carbonyl (C=O) groups is 2. The van der Waals surface area contributed by atoms with Gasteiger partial charge in [0.25, 0.3) is 5.91 Å². The molecule has 2 heterocycles. The van der Waals surface area contributed by atoms with E-state index in [9.17, 15) is 9.59 Å². The Morgan fingerprint density at radius 3 is 2.52 bits per heavy atom. The van der Waals surface area contributed by atoms with Gasteiger partial charge in [-0.2, -0.15) is 0 Å². The van der Waals surface area contributed by atoms with Gasteiger partial charge in [0.15, 0.2) is 0 Å². The van der Waals surface area contributed by atoms with E-state index in [1.807, 2.05) is 36.4 Å². The van der Waals surface area contributed by atoms with Crippen LogP contribution in [0.1, 0.15) is 39.6 Å². The van der Waals surface area contributed by atoms with E-state index in [-0.39, 0.29) is 18.2 Å². The molecule has 1 N–H and O–H groups in total. The van der Waals surface area contributed by atoms with Gasteiger partial charge < -0.3 is 19.1 Å². The van der Waals surface area contributed by atoms with Crippen molar-refractivity contribution in [1.82, 2.24) is 10.2 Å². The molecule has 1 aromatic carbocycles. The van der Waals surface area contributed by atoms with Crippen molar-refractivity contribution in [2.24, 2.45) is 0 Å². The SMILES string of the molecule is Cc1cc(C(=O)N(CCC(=O)NCCc2ccccc2)Cc2ccco2)c(C)o1. The molecule has 0 spiro atoms. The van der Waals surface area contributed by atoms with Crippen molar-refractivity contribution in [3.05, 3.63) is 83.2 Å². The van der Waals surface area contributed by atoms with Gasteiger partial charge in [0.2, 0.25) is 5.91 Å². The summed E-state index contributed by atoms with van der Waals surface area (Å²) in [5.74, 6) is 1.67. The van der Waals surface area contributed by atoms with Crippen LogP contribution >= 0.6 is 0 Å². The van der Waals surface area contributed by atoms with Crippen LogP contribution in [0.4, 0.5) is 0 Å². The van der Waals surface area contributed by atoms with E-state index in [0.717, 1.165) is 6.42 Å². The second-order valence-electron chi connectivity index (χ2n) is 6.97. The minimum Gasteiger partial charge on any atom is -0.467 e. The van der Waals surface area contributed by atoms with Gasteiger partial charge in [0, 0.05) is 19.5 Å². The number of amides is 2. The highest BCUT2D eigenvalue weighted by Gasteiger charge is 2.22. The molecule has 6 heteroatoms. The molecule has 0 aliphatic carbocycles. The zero-order valence-electron chi connectivity index (χ0n) is 16.8. The summed E-state index contributed by atoms with van der Waals surface area (Å²) in [6, 6.07) is 15.3. The van der Waals surface area contributed by atoms with Crippen molar-refractivity contribution >= 4 is 11.8 Å². The van der Waals surface area contributed by atoms with Crippen LogP contribution in [0.25, 0.3) is 0 Å². The summed E-state index contributed by atoms with van der Waals surface area (Å²) < 4.78 is 10.9. The summed E-state index contributed by atoms with van der Waals surface area (Å²) in [5.41, 5.74) is 1.69. The highest BCUT2D eigenvalue weighted by atomic mass is 16.3. The lowest BCUT2D eigenvalue weighted by Gasteiger charge is -2.21. The van der Waals surface area contributed by atoms with Crippen LogP contribution in [0.2, 0.25) is 0 Å². The maximum Gasteiger partial charge on any atom is 0.257 e. The van der Waals surface area contributed by atoms with Gasteiger partial charge >= 0.3 is 0 Å². The highest BCUT2D eigenvalue weighted by molar-refractivity contribution is 5.95. The molecule has 3 aromatic rings. The Morgan fingerprint density at radius 1 is 1.07 bits per heavy atom. The van der Waals surface area contributed by atoms with Crippen molar-refractivity contribution in [3.8, 4) is 0 Å². The van der Waals surface area contributed by atoms with Crippen LogP contribution in [0, 0.1) is 13.8 Å². The van der Waals surface area contributed by atoms with Crippen LogP contribution in [0.5, 0.6) is 0 Å². The highest BCUT2D eigenvalue weighted by Crippen LogP contribution is 2.18. The lowest BCUT2D eigenvalue weighted by Crippen LogP contribution is -2.35. The molecule has 0 unspecified atom stereocenters. The quantitative estimate of drug-likeness (QED) is 0.598. The van der Waals surface area contributed by atoms with E-state index in [0.29, 0.717) is 42.5 Å². The smallest absolute Gasteiger partial charge is 0.257 e. The lowest BCUT2D eigenvalue weighted by atomic mass is 10.1. The van der Waals surface area contributed by atoms with Crippen molar-refractivity contribution in [2.75, 3.05) is 13.1 Å². The average Bonchev–Trinajstić information content (AvgIpc) is 3.34. The number of carbonyl (C=O) groups excluding carboxylic acids is 2. The summed E-state index contributed by atoms with van der Waals surface area (Å²) in [6.45, 7) is 4.73. The molecule has 0 fully saturated rings. The molecule has 2 aromatic heterocycles. The van der Waals surface area contributed by atoms with Crippen LogP contribution in [-0.4, -0.2) is 29.8 Å². The number of rotatable bonds is 9. The Hall–Kier alpha value is -3.28. The molecule has 0 radical (unpaired) electrons. The molecule has 6 nitrogen and oxygen atoms in total. The number of hydrogen-bond acceptors (Lipinski definition) is 4. The van der Waals surface area contributed by atoms with E-state index < -0.39 is 0 Å². The molecule has 0 saturated carbocycles. The summed E-state index contributed by atoms with van der Waals surface area (Å²) in [7, 11) is 0. The molecule has 29 heavy (non-hydrogen) atoms. The first-order valence-corrected chi connectivity index (χ1v) is 9.72. The summed E-state index contributed by atoms with van der Waals surface area (Å²) >= 11 is 0. The van der Waals surface area contributed by atoms with Gasteiger partial charge in [-0.3, -0.25) is 9.59 Å². The van der Waals surface area contributed by atoms with Gasteiger partial charge in [-0.1, -0.05) is 30.3 Å². The number of furan rings is 2. The maximum absolute atomic E-state index is 13.0. The molecule has 0 atom stereocenters. The summed E-state index contributed by atoms with van der Waals surface area (Å²) in [4.78, 5) is 26.9. The van der Waals surface area contributed by atoms with E-state index in [4.69, 9.17) is 8.83 Å². The van der Waals surface area contributed by atoms with Crippen molar-refractivity contribution in [2.45, 2.75) is 33.2 Å². The average molecular weight is 394 g/mol. The standard InChI is InChI=1S/C23H26N2O4/c1-17-15-21(18(2)29-17)23(27)25(16-20-9-6-14-28-20)13-11-22(26)24-12-10-19-7-4-3-5-8-19/h3-9,14-15H,10-13,16H2,1-2H3,(H,24,26). The Morgan fingerprint density at radius 2 is 1.86 bits per heavy atom.